The van der Waals surface area contributed by atoms with Crippen LogP contribution in [0.15, 0.2) is 24.4 Å². The van der Waals surface area contributed by atoms with Gasteiger partial charge in [-0.15, -0.1) is 5.10 Å². The molecule has 0 bridgehead atoms. The molecule has 172 valence electrons. The molecule has 0 aromatic carbocycles. The van der Waals surface area contributed by atoms with E-state index in [4.69, 9.17) is 9.47 Å². The van der Waals surface area contributed by atoms with Crippen LogP contribution < -0.4 is 9.47 Å². The highest BCUT2D eigenvalue weighted by molar-refractivity contribution is 5.75. The molecule has 2 aromatic heterocycles. The van der Waals surface area contributed by atoms with Crippen molar-refractivity contribution in [3.05, 3.63) is 30.1 Å². The summed E-state index contributed by atoms with van der Waals surface area (Å²) in [6.07, 6.45) is -0.899. The summed E-state index contributed by atoms with van der Waals surface area (Å²) in [7, 11) is 1.51. The molecule has 0 spiro atoms. The number of alkyl halides is 3. The number of pyridine rings is 1. The third kappa shape index (κ3) is 4.94. The van der Waals surface area contributed by atoms with E-state index in [1.807, 2.05) is 0 Å². The molecule has 2 atom stereocenters. The number of methoxy groups -OCH3 is 1. The Morgan fingerprint density at radius 2 is 1.97 bits per heavy atom. The van der Waals surface area contributed by atoms with Crippen LogP contribution in [0.2, 0.25) is 0 Å². The van der Waals surface area contributed by atoms with E-state index in [2.05, 4.69) is 15.2 Å². The van der Waals surface area contributed by atoms with Gasteiger partial charge in [0, 0.05) is 17.5 Å². The number of nitrogens with zero attached hydrogens (tertiary/aromatic N) is 3. The van der Waals surface area contributed by atoms with Gasteiger partial charge in [-0.25, -0.2) is 4.98 Å². The topological polar surface area (TPSA) is 94.4 Å². The number of carboxylic acid groups (broad SMARTS) is 1. The standard InChI is InChI=1S/C22H24F3N3O4/c1-31-18-7-6-17(27-20(18)15-9-16(15)21(29)30)13-8-19(28-26-10-13)32-11-12-2-4-14(5-3-12)22(23,24)25/h6-8,10,12,14-16H,2-5,9,11H2,1H3,(H,29,30)/t12?,14?,15-,16-/m1/s1. The molecule has 0 saturated heterocycles. The summed E-state index contributed by atoms with van der Waals surface area (Å²) < 4.78 is 49.5. The molecule has 0 radical (unpaired) electrons. The fraction of sp³-hybridized carbons (Fsp3) is 0.545. The lowest BCUT2D eigenvalue weighted by atomic mass is 9.82. The van der Waals surface area contributed by atoms with Crippen LogP contribution in [0.4, 0.5) is 13.2 Å². The number of aromatic nitrogens is 3. The molecule has 2 saturated carbocycles. The molecular weight excluding hydrogens is 427 g/mol. The summed E-state index contributed by atoms with van der Waals surface area (Å²) in [6, 6.07) is 5.17. The minimum Gasteiger partial charge on any atom is -0.495 e. The molecule has 2 aliphatic carbocycles. The van der Waals surface area contributed by atoms with Crippen molar-refractivity contribution in [3.8, 4) is 22.9 Å². The smallest absolute Gasteiger partial charge is 0.391 e. The highest BCUT2D eigenvalue weighted by Gasteiger charge is 2.47. The number of rotatable bonds is 7. The van der Waals surface area contributed by atoms with Crippen molar-refractivity contribution in [2.45, 2.75) is 44.2 Å². The Morgan fingerprint density at radius 3 is 2.59 bits per heavy atom. The average molecular weight is 451 g/mol. The molecule has 2 heterocycles. The number of halogens is 3. The second kappa shape index (κ2) is 8.91. The Bertz CT molecular complexity index is 977. The molecule has 0 unspecified atom stereocenters. The summed E-state index contributed by atoms with van der Waals surface area (Å²) in [6.45, 7) is 0.284. The summed E-state index contributed by atoms with van der Waals surface area (Å²) in [5, 5.41) is 17.1. The third-order valence-electron chi connectivity index (χ3n) is 6.27. The first-order valence-corrected chi connectivity index (χ1v) is 10.6. The lowest BCUT2D eigenvalue weighted by Gasteiger charge is -2.29. The molecule has 1 N–H and O–H groups in total. The van der Waals surface area contributed by atoms with Gasteiger partial charge in [0.2, 0.25) is 5.88 Å². The lowest BCUT2D eigenvalue weighted by Crippen LogP contribution is -2.29. The summed E-state index contributed by atoms with van der Waals surface area (Å²) in [4.78, 5) is 15.9. The summed E-state index contributed by atoms with van der Waals surface area (Å²) in [5.74, 6) is -1.87. The van der Waals surface area contributed by atoms with Gasteiger partial charge in [-0.1, -0.05) is 0 Å². The van der Waals surface area contributed by atoms with E-state index in [9.17, 15) is 23.1 Å². The molecule has 2 aromatic rings. The third-order valence-corrected chi connectivity index (χ3v) is 6.27. The minimum atomic E-state index is -4.12. The van der Waals surface area contributed by atoms with Gasteiger partial charge >= 0.3 is 12.1 Å². The van der Waals surface area contributed by atoms with Crippen LogP contribution in [0, 0.1) is 17.8 Å². The molecular formula is C22H24F3N3O4. The number of carbonyl (C=O) groups is 1. The van der Waals surface area contributed by atoms with Crippen molar-refractivity contribution in [3.63, 3.8) is 0 Å². The fourth-order valence-electron chi connectivity index (χ4n) is 4.25. The van der Waals surface area contributed by atoms with Crippen molar-refractivity contribution >= 4 is 5.97 Å². The zero-order valence-corrected chi connectivity index (χ0v) is 17.5. The molecule has 2 aliphatic rings. The average Bonchev–Trinajstić information content (AvgIpc) is 3.58. The first-order chi connectivity index (χ1) is 15.3. The van der Waals surface area contributed by atoms with E-state index >= 15 is 0 Å². The van der Waals surface area contributed by atoms with Crippen LogP contribution in [-0.4, -0.2) is 46.2 Å². The molecule has 0 amide bonds. The first-order valence-electron chi connectivity index (χ1n) is 10.6. The van der Waals surface area contributed by atoms with E-state index < -0.39 is 24.0 Å². The van der Waals surface area contributed by atoms with Gasteiger partial charge in [0.15, 0.2) is 0 Å². The van der Waals surface area contributed by atoms with E-state index in [0.29, 0.717) is 42.0 Å². The molecule has 32 heavy (non-hydrogen) atoms. The van der Waals surface area contributed by atoms with Gasteiger partial charge in [0.25, 0.3) is 0 Å². The van der Waals surface area contributed by atoms with Crippen molar-refractivity contribution < 1.29 is 32.5 Å². The van der Waals surface area contributed by atoms with Crippen LogP contribution in [-0.2, 0) is 4.79 Å². The zero-order valence-electron chi connectivity index (χ0n) is 17.5. The van der Waals surface area contributed by atoms with Crippen LogP contribution in [0.5, 0.6) is 11.6 Å². The maximum atomic E-state index is 12.8. The SMILES string of the molecule is COc1ccc(-c2cnnc(OCC3CCC(C(F)(F)F)CC3)c2)nc1[C@@H]1C[C@H]1C(=O)O. The van der Waals surface area contributed by atoms with Gasteiger partial charge in [-0.3, -0.25) is 4.79 Å². The minimum absolute atomic E-state index is 0.0487. The molecule has 2 fully saturated rings. The van der Waals surface area contributed by atoms with Crippen LogP contribution in [0.25, 0.3) is 11.3 Å². The van der Waals surface area contributed by atoms with E-state index in [-0.39, 0.29) is 37.2 Å². The fourth-order valence-corrected chi connectivity index (χ4v) is 4.25. The largest absolute Gasteiger partial charge is 0.495 e. The van der Waals surface area contributed by atoms with Crippen molar-refractivity contribution in [2.75, 3.05) is 13.7 Å². The lowest BCUT2D eigenvalue weighted by molar-refractivity contribution is -0.184. The number of carboxylic acids is 1. The van der Waals surface area contributed by atoms with Crippen molar-refractivity contribution in [2.24, 2.45) is 17.8 Å². The Hall–Kier alpha value is -2.91. The Morgan fingerprint density at radius 1 is 1.22 bits per heavy atom. The predicted octanol–water partition coefficient (Wildman–Crippen LogP) is 4.48. The van der Waals surface area contributed by atoms with E-state index in [1.54, 1.807) is 18.2 Å². The van der Waals surface area contributed by atoms with Gasteiger partial charge < -0.3 is 14.6 Å². The van der Waals surface area contributed by atoms with Crippen molar-refractivity contribution in [1.82, 2.24) is 15.2 Å². The van der Waals surface area contributed by atoms with Crippen molar-refractivity contribution in [1.29, 1.82) is 0 Å². The number of ether oxygens (including phenoxy) is 2. The van der Waals surface area contributed by atoms with E-state index in [0.717, 1.165) is 0 Å². The zero-order chi connectivity index (χ0) is 22.9. The normalized spacial score (nSPS) is 25.2. The summed E-state index contributed by atoms with van der Waals surface area (Å²) in [5.41, 5.74) is 1.83. The summed E-state index contributed by atoms with van der Waals surface area (Å²) >= 11 is 0. The quantitative estimate of drug-likeness (QED) is 0.663. The Labute approximate surface area is 183 Å². The van der Waals surface area contributed by atoms with Crippen LogP contribution in [0.1, 0.15) is 43.7 Å². The number of hydrogen-bond acceptors (Lipinski definition) is 6. The monoisotopic (exact) mass is 451 g/mol. The second-order valence-corrected chi connectivity index (χ2v) is 8.42. The molecule has 0 aliphatic heterocycles. The first kappa shape index (κ1) is 22.3. The molecule has 7 nitrogen and oxygen atoms in total. The molecule has 4 rings (SSSR count). The second-order valence-electron chi connectivity index (χ2n) is 8.42. The van der Waals surface area contributed by atoms with Gasteiger partial charge in [-0.05, 0) is 50.2 Å². The van der Waals surface area contributed by atoms with Crippen LogP contribution in [0.3, 0.4) is 0 Å². The number of aliphatic carboxylic acids is 1. The highest BCUT2D eigenvalue weighted by Crippen LogP contribution is 2.50. The number of hydrogen-bond donors (Lipinski definition) is 1. The Kier molecular flexibility index (Phi) is 6.21. The van der Waals surface area contributed by atoms with E-state index in [1.165, 1.54) is 13.3 Å². The van der Waals surface area contributed by atoms with Gasteiger partial charge in [-0.2, -0.15) is 18.3 Å². The Balaban J connectivity index is 1.42. The van der Waals surface area contributed by atoms with Crippen LogP contribution >= 0.6 is 0 Å². The van der Waals surface area contributed by atoms with Gasteiger partial charge in [0.05, 0.1) is 43.1 Å². The maximum Gasteiger partial charge on any atom is 0.391 e. The molecule has 10 heteroatoms. The highest BCUT2D eigenvalue weighted by atomic mass is 19.4. The maximum absolute atomic E-state index is 12.8. The van der Waals surface area contributed by atoms with Gasteiger partial charge in [0.1, 0.15) is 5.75 Å². The predicted molar refractivity (Wildman–Crippen MR) is 107 cm³/mol.